The number of pyridine rings is 1. The van der Waals surface area contributed by atoms with Crippen LogP contribution in [0.4, 0.5) is 0 Å². The summed E-state index contributed by atoms with van der Waals surface area (Å²) in [5.41, 5.74) is 0.682. The van der Waals surface area contributed by atoms with E-state index in [0.717, 1.165) is 0 Å². The van der Waals surface area contributed by atoms with Gasteiger partial charge in [-0.3, -0.25) is 4.79 Å². The second-order valence-corrected chi connectivity index (χ2v) is 5.38. The first-order valence-electron chi connectivity index (χ1n) is 5.70. The molecule has 1 amide bonds. The number of nitrogens with zero attached hydrogens (tertiary/aromatic N) is 1. The van der Waals surface area contributed by atoms with E-state index in [2.05, 4.69) is 10.3 Å². The smallest absolute Gasteiger partial charge is 0.337 e. The van der Waals surface area contributed by atoms with Crippen molar-refractivity contribution >= 4 is 11.9 Å². The van der Waals surface area contributed by atoms with Crippen molar-refractivity contribution in [2.24, 2.45) is 5.41 Å². The number of rotatable bonds is 3. The summed E-state index contributed by atoms with van der Waals surface area (Å²) in [6.45, 7) is 8.15. The van der Waals surface area contributed by atoms with Crippen molar-refractivity contribution in [1.82, 2.24) is 10.3 Å². The molecular formula is C13H18N2O3. The summed E-state index contributed by atoms with van der Waals surface area (Å²) >= 11 is 0. The van der Waals surface area contributed by atoms with Crippen LogP contribution in [0.15, 0.2) is 12.1 Å². The zero-order chi connectivity index (χ0) is 13.9. The Bertz CT molecular complexity index is 476. The van der Waals surface area contributed by atoms with E-state index in [4.69, 9.17) is 5.11 Å². The standard InChI is InChI=1S/C13H18N2O3/c1-8-9(12(17)18)5-6-10(15-8)11(16)14-7-13(2,3)4/h5-6H,7H2,1-4H3,(H,14,16)(H,17,18). The number of carbonyl (C=O) groups is 2. The third kappa shape index (κ3) is 3.84. The Kier molecular flexibility index (Phi) is 4.06. The zero-order valence-corrected chi connectivity index (χ0v) is 11.1. The van der Waals surface area contributed by atoms with E-state index < -0.39 is 5.97 Å². The highest BCUT2D eigenvalue weighted by Gasteiger charge is 2.15. The Balaban J connectivity index is 2.82. The minimum absolute atomic E-state index is 0.00822. The highest BCUT2D eigenvalue weighted by molar-refractivity contribution is 5.94. The van der Waals surface area contributed by atoms with Crippen molar-refractivity contribution in [1.29, 1.82) is 0 Å². The number of aryl methyl sites for hydroxylation is 1. The van der Waals surface area contributed by atoms with E-state index in [1.54, 1.807) is 6.92 Å². The maximum atomic E-state index is 11.8. The summed E-state index contributed by atoms with van der Waals surface area (Å²) in [5.74, 6) is -1.33. The molecule has 0 unspecified atom stereocenters. The van der Waals surface area contributed by atoms with Crippen LogP contribution in [0.25, 0.3) is 0 Å². The second-order valence-electron chi connectivity index (χ2n) is 5.38. The number of carbonyl (C=O) groups excluding carboxylic acids is 1. The fourth-order valence-corrected chi connectivity index (χ4v) is 1.35. The summed E-state index contributed by atoms with van der Waals surface area (Å²) in [4.78, 5) is 26.6. The normalized spacial score (nSPS) is 11.1. The van der Waals surface area contributed by atoms with E-state index in [-0.39, 0.29) is 22.6 Å². The van der Waals surface area contributed by atoms with Crippen LogP contribution in [-0.2, 0) is 0 Å². The summed E-state index contributed by atoms with van der Waals surface area (Å²) in [7, 11) is 0. The van der Waals surface area contributed by atoms with Gasteiger partial charge in [0.2, 0.25) is 0 Å². The van der Waals surface area contributed by atoms with E-state index in [9.17, 15) is 9.59 Å². The fraction of sp³-hybridized carbons (Fsp3) is 0.462. The largest absolute Gasteiger partial charge is 0.478 e. The minimum atomic E-state index is -1.04. The van der Waals surface area contributed by atoms with Gasteiger partial charge in [-0.15, -0.1) is 0 Å². The molecule has 5 nitrogen and oxygen atoms in total. The van der Waals surface area contributed by atoms with Gasteiger partial charge in [0.05, 0.1) is 11.3 Å². The molecule has 0 aliphatic carbocycles. The summed E-state index contributed by atoms with van der Waals surface area (Å²) in [6.07, 6.45) is 0. The van der Waals surface area contributed by atoms with Crippen molar-refractivity contribution < 1.29 is 14.7 Å². The number of hydrogen-bond acceptors (Lipinski definition) is 3. The minimum Gasteiger partial charge on any atom is -0.478 e. The molecule has 98 valence electrons. The van der Waals surface area contributed by atoms with Crippen molar-refractivity contribution in [2.45, 2.75) is 27.7 Å². The van der Waals surface area contributed by atoms with Crippen LogP contribution < -0.4 is 5.32 Å². The molecule has 0 saturated carbocycles. The molecule has 0 spiro atoms. The van der Waals surface area contributed by atoms with Gasteiger partial charge in [0.1, 0.15) is 5.69 Å². The Morgan fingerprint density at radius 2 is 1.94 bits per heavy atom. The van der Waals surface area contributed by atoms with Crippen molar-refractivity contribution in [3.8, 4) is 0 Å². The van der Waals surface area contributed by atoms with Gasteiger partial charge in [-0.2, -0.15) is 0 Å². The number of amides is 1. The van der Waals surface area contributed by atoms with Crippen molar-refractivity contribution in [3.63, 3.8) is 0 Å². The molecular weight excluding hydrogens is 232 g/mol. The summed E-state index contributed by atoms with van der Waals surface area (Å²) < 4.78 is 0. The number of carboxylic acid groups (broad SMARTS) is 1. The first-order chi connectivity index (χ1) is 8.20. The molecule has 0 aliphatic heterocycles. The summed E-state index contributed by atoms with van der Waals surface area (Å²) in [6, 6.07) is 2.82. The molecule has 1 rings (SSSR count). The Morgan fingerprint density at radius 1 is 1.33 bits per heavy atom. The van der Waals surface area contributed by atoms with Gasteiger partial charge >= 0.3 is 5.97 Å². The molecule has 0 aromatic carbocycles. The molecule has 18 heavy (non-hydrogen) atoms. The lowest BCUT2D eigenvalue weighted by atomic mass is 9.97. The van der Waals surface area contributed by atoms with Crippen LogP contribution in [0.5, 0.6) is 0 Å². The van der Waals surface area contributed by atoms with Gasteiger partial charge in [0, 0.05) is 6.54 Å². The van der Waals surface area contributed by atoms with E-state index in [1.807, 2.05) is 20.8 Å². The SMILES string of the molecule is Cc1nc(C(=O)NCC(C)(C)C)ccc1C(=O)O. The zero-order valence-electron chi connectivity index (χ0n) is 11.1. The average Bonchev–Trinajstić information content (AvgIpc) is 2.24. The van der Waals surface area contributed by atoms with Gasteiger partial charge in [-0.1, -0.05) is 20.8 Å². The number of carboxylic acids is 1. The lowest BCUT2D eigenvalue weighted by Gasteiger charge is -2.18. The van der Waals surface area contributed by atoms with Crippen LogP contribution in [0, 0.1) is 12.3 Å². The Morgan fingerprint density at radius 3 is 2.39 bits per heavy atom. The molecule has 0 aliphatic rings. The van der Waals surface area contributed by atoms with Crippen molar-refractivity contribution in [3.05, 3.63) is 29.1 Å². The van der Waals surface area contributed by atoms with Crippen LogP contribution in [0.2, 0.25) is 0 Å². The maximum absolute atomic E-state index is 11.8. The van der Waals surface area contributed by atoms with Gasteiger partial charge in [-0.25, -0.2) is 9.78 Å². The van der Waals surface area contributed by atoms with Gasteiger partial charge in [0.15, 0.2) is 0 Å². The van der Waals surface area contributed by atoms with Gasteiger partial charge in [-0.05, 0) is 24.5 Å². The third-order valence-corrected chi connectivity index (χ3v) is 2.33. The van der Waals surface area contributed by atoms with Crippen LogP contribution in [0.1, 0.15) is 47.3 Å². The average molecular weight is 250 g/mol. The highest BCUT2D eigenvalue weighted by Crippen LogP contribution is 2.11. The lowest BCUT2D eigenvalue weighted by Crippen LogP contribution is -2.32. The summed E-state index contributed by atoms with van der Waals surface area (Å²) in [5, 5.41) is 11.6. The van der Waals surface area contributed by atoms with E-state index >= 15 is 0 Å². The number of aromatic carboxylic acids is 1. The molecule has 0 fully saturated rings. The third-order valence-electron chi connectivity index (χ3n) is 2.33. The lowest BCUT2D eigenvalue weighted by molar-refractivity contribution is 0.0694. The molecule has 0 atom stereocenters. The molecule has 5 heteroatoms. The van der Waals surface area contributed by atoms with E-state index in [1.165, 1.54) is 12.1 Å². The van der Waals surface area contributed by atoms with Crippen LogP contribution >= 0.6 is 0 Å². The molecule has 0 bridgehead atoms. The van der Waals surface area contributed by atoms with E-state index in [0.29, 0.717) is 12.2 Å². The topological polar surface area (TPSA) is 79.3 Å². The molecule has 1 aromatic rings. The number of aromatic nitrogens is 1. The highest BCUT2D eigenvalue weighted by atomic mass is 16.4. The molecule has 2 N–H and O–H groups in total. The molecule has 1 aromatic heterocycles. The Labute approximate surface area is 106 Å². The second kappa shape index (κ2) is 5.16. The fourth-order valence-electron chi connectivity index (χ4n) is 1.35. The maximum Gasteiger partial charge on any atom is 0.337 e. The predicted octanol–water partition coefficient (Wildman–Crippen LogP) is 1.86. The quantitative estimate of drug-likeness (QED) is 0.858. The molecule has 0 radical (unpaired) electrons. The molecule has 0 saturated heterocycles. The first-order valence-corrected chi connectivity index (χ1v) is 5.70. The monoisotopic (exact) mass is 250 g/mol. The van der Waals surface area contributed by atoms with Crippen LogP contribution in [0.3, 0.4) is 0 Å². The van der Waals surface area contributed by atoms with Crippen molar-refractivity contribution in [2.75, 3.05) is 6.54 Å². The number of hydrogen-bond donors (Lipinski definition) is 2. The van der Waals surface area contributed by atoms with Crippen LogP contribution in [-0.4, -0.2) is 28.5 Å². The Hall–Kier alpha value is -1.91. The van der Waals surface area contributed by atoms with Gasteiger partial charge in [0.25, 0.3) is 5.91 Å². The molecule has 1 heterocycles. The number of nitrogens with one attached hydrogen (secondary N) is 1. The predicted molar refractivity (Wildman–Crippen MR) is 67.7 cm³/mol. The first kappa shape index (κ1) is 14.2. The van der Waals surface area contributed by atoms with Gasteiger partial charge < -0.3 is 10.4 Å².